The molecule has 0 radical (unpaired) electrons. The number of hydrogen-bond acceptors (Lipinski definition) is 6. The average Bonchev–Trinajstić information content (AvgIpc) is 3.15. The van der Waals surface area contributed by atoms with Gasteiger partial charge in [-0.1, -0.05) is 60.7 Å². The van der Waals surface area contributed by atoms with E-state index in [9.17, 15) is 4.79 Å². The van der Waals surface area contributed by atoms with Gasteiger partial charge in [-0.15, -0.1) is 15.3 Å². The van der Waals surface area contributed by atoms with E-state index in [4.69, 9.17) is 0 Å². The Hall–Kier alpha value is -2.61. The third-order valence-corrected chi connectivity index (χ3v) is 4.50. The van der Waals surface area contributed by atoms with E-state index in [1.807, 2.05) is 37.3 Å². The fourth-order valence-corrected chi connectivity index (χ4v) is 3.32. The SMILES string of the molecule is Cc1c(C(=O)Nc2nnc(CC(C)C)s2)nnn1Cc1ccccc1. The first-order valence-corrected chi connectivity index (χ1v) is 8.92. The molecule has 0 aliphatic heterocycles. The highest BCUT2D eigenvalue weighted by molar-refractivity contribution is 7.15. The molecule has 3 rings (SSSR count). The molecule has 0 fully saturated rings. The van der Waals surface area contributed by atoms with Crippen LogP contribution < -0.4 is 5.32 Å². The van der Waals surface area contributed by atoms with Crippen LogP contribution in [0.1, 0.15) is 40.6 Å². The number of carbonyl (C=O) groups excluding carboxylic acids is 1. The van der Waals surface area contributed by atoms with E-state index in [1.165, 1.54) is 11.3 Å². The second-order valence-corrected chi connectivity index (χ2v) is 7.28. The summed E-state index contributed by atoms with van der Waals surface area (Å²) in [5, 5.41) is 20.4. The highest BCUT2D eigenvalue weighted by atomic mass is 32.1. The fraction of sp³-hybridized carbons (Fsp3) is 0.353. The maximum Gasteiger partial charge on any atom is 0.279 e. The zero-order valence-electron chi connectivity index (χ0n) is 14.4. The molecule has 25 heavy (non-hydrogen) atoms. The van der Waals surface area contributed by atoms with E-state index >= 15 is 0 Å². The molecular weight excluding hydrogens is 336 g/mol. The number of benzene rings is 1. The molecule has 1 N–H and O–H groups in total. The molecule has 2 heterocycles. The number of nitrogens with one attached hydrogen (secondary N) is 1. The average molecular weight is 356 g/mol. The number of anilines is 1. The van der Waals surface area contributed by atoms with Gasteiger partial charge in [-0.05, 0) is 18.4 Å². The number of amides is 1. The van der Waals surface area contributed by atoms with Crippen LogP contribution in [-0.2, 0) is 13.0 Å². The van der Waals surface area contributed by atoms with Gasteiger partial charge in [0.1, 0.15) is 5.01 Å². The molecule has 1 amide bonds. The number of aromatic nitrogens is 5. The molecule has 0 unspecified atom stereocenters. The molecule has 0 atom stereocenters. The Labute approximate surface area is 150 Å². The van der Waals surface area contributed by atoms with Crippen LogP contribution >= 0.6 is 11.3 Å². The molecule has 2 aromatic heterocycles. The fourth-order valence-electron chi connectivity index (χ4n) is 2.37. The third kappa shape index (κ3) is 4.27. The normalized spacial score (nSPS) is 11.0. The topological polar surface area (TPSA) is 85.6 Å². The van der Waals surface area contributed by atoms with Crippen molar-refractivity contribution in [3.8, 4) is 0 Å². The molecule has 7 nitrogen and oxygen atoms in total. The van der Waals surface area contributed by atoms with Gasteiger partial charge in [-0.3, -0.25) is 10.1 Å². The Morgan fingerprint density at radius 2 is 1.96 bits per heavy atom. The van der Waals surface area contributed by atoms with Crippen LogP contribution in [0.25, 0.3) is 0 Å². The van der Waals surface area contributed by atoms with Crippen molar-refractivity contribution in [1.82, 2.24) is 25.2 Å². The van der Waals surface area contributed by atoms with Crippen LogP contribution in [0.4, 0.5) is 5.13 Å². The predicted molar refractivity (Wildman–Crippen MR) is 96.7 cm³/mol. The molecule has 130 valence electrons. The molecule has 0 spiro atoms. The first kappa shape index (κ1) is 17.2. The summed E-state index contributed by atoms with van der Waals surface area (Å²) in [4.78, 5) is 12.4. The quantitative estimate of drug-likeness (QED) is 0.734. The molecule has 0 aliphatic carbocycles. The molecule has 0 saturated heterocycles. The standard InChI is InChI=1S/C17H20N6OS/c1-11(2)9-14-19-21-17(25-14)18-16(24)15-12(3)23(22-20-15)10-13-7-5-4-6-8-13/h4-8,11H,9-10H2,1-3H3,(H,18,21,24). The van der Waals surface area contributed by atoms with Gasteiger partial charge in [0.05, 0.1) is 12.2 Å². The number of hydrogen-bond donors (Lipinski definition) is 1. The highest BCUT2D eigenvalue weighted by Gasteiger charge is 2.18. The summed E-state index contributed by atoms with van der Waals surface area (Å²) >= 11 is 1.39. The zero-order valence-corrected chi connectivity index (χ0v) is 15.2. The van der Waals surface area contributed by atoms with Crippen LogP contribution in [0.3, 0.4) is 0 Å². The minimum Gasteiger partial charge on any atom is -0.295 e. The first-order valence-electron chi connectivity index (χ1n) is 8.10. The van der Waals surface area contributed by atoms with Gasteiger partial charge in [-0.2, -0.15) is 0 Å². The van der Waals surface area contributed by atoms with Crippen molar-refractivity contribution in [2.75, 3.05) is 5.32 Å². The molecule has 8 heteroatoms. The zero-order chi connectivity index (χ0) is 17.8. The van der Waals surface area contributed by atoms with Crippen molar-refractivity contribution in [2.45, 2.75) is 33.7 Å². The van der Waals surface area contributed by atoms with Gasteiger partial charge in [0.15, 0.2) is 5.69 Å². The number of carbonyl (C=O) groups is 1. The van der Waals surface area contributed by atoms with E-state index in [0.717, 1.165) is 17.0 Å². The van der Waals surface area contributed by atoms with Crippen molar-refractivity contribution in [2.24, 2.45) is 5.92 Å². The lowest BCUT2D eigenvalue weighted by Gasteiger charge is -2.04. The Bertz CT molecular complexity index is 855. The minimum atomic E-state index is -0.316. The van der Waals surface area contributed by atoms with Gasteiger partial charge in [0.2, 0.25) is 5.13 Å². The van der Waals surface area contributed by atoms with Crippen LogP contribution in [0.5, 0.6) is 0 Å². The maximum absolute atomic E-state index is 12.4. The summed E-state index contributed by atoms with van der Waals surface area (Å²) in [5.41, 5.74) is 2.12. The smallest absolute Gasteiger partial charge is 0.279 e. The van der Waals surface area contributed by atoms with Crippen LogP contribution in [-0.4, -0.2) is 31.1 Å². The van der Waals surface area contributed by atoms with E-state index in [-0.39, 0.29) is 5.91 Å². The highest BCUT2D eigenvalue weighted by Crippen LogP contribution is 2.19. The Morgan fingerprint density at radius 1 is 1.20 bits per heavy atom. The molecule has 3 aromatic rings. The van der Waals surface area contributed by atoms with Crippen molar-refractivity contribution in [3.63, 3.8) is 0 Å². The molecule has 0 saturated carbocycles. The van der Waals surface area contributed by atoms with Crippen LogP contribution in [0.15, 0.2) is 30.3 Å². The van der Waals surface area contributed by atoms with Gasteiger partial charge in [-0.25, -0.2) is 4.68 Å². The van der Waals surface area contributed by atoms with E-state index < -0.39 is 0 Å². The summed E-state index contributed by atoms with van der Waals surface area (Å²) in [6.07, 6.45) is 0.847. The van der Waals surface area contributed by atoms with Gasteiger partial charge < -0.3 is 0 Å². The van der Waals surface area contributed by atoms with E-state index in [2.05, 4.69) is 39.7 Å². The lowest BCUT2D eigenvalue weighted by atomic mass is 10.1. The Morgan fingerprint density at radius 3 is 2.68 bits per heavy atom. The summed E-state index contributed by atoms with van der Waals surface area (Å²) in [6, 6.07) is 9.93. The van der Waals surface area contributed by atoms with Crippen molar-refractivity contribution in [3.05, 3.63) is 52.3 Å². The first-order chi connectivity index (χ1) is 12.0. The lowest BCUT2D eigenvalue weighted by Crippen LogP contribution is -2.14. The van der Waals surface area contributed by atoms with Crippen molar-refractivity contribution >= 4 is 22.4 Å². The second kappa shape index (κ2) is 7.52. The summed E-state index contributed by atoms with van der Waals surface area (Å²) in [6.45, 7) is 6.65. The molecule has 1 aromatic carbocycles. The van der Waals surface area contributed by atoms with Crippen LogP contribution in [0, 0.1) is 12.8 Å². The van der Waals surface area contributed by atoms with E-state index in [1.54, 1.807) is 4.68 Å². The molecular formula is C17H20N6OS. The Kier molecular flexibility index (Phi) is 5.18. The Balaban J connectivity index is 1.69. The molecule has 0 aliphatic rings. The minimum absolute atomic E-state index is 0.302. The second-order valence-electron chi connectivity index (χ2n) is 6.22. The number of nitrogens with zero attached hydrogens (tertiary/aromatic N) is 5. The van der Waals surface area contributed by atoms with E-state index in [0.29, 0.717) is 29.0 Å². The van der Waals surface area contributed by atoms with Crippen LogP contribution in [0.2, 0.25) is 0 Å². The largest absolute Gasteiger partial charge is 0.295 e. The van der Waals surface area contributed by atoms with Crippen molar-refractivity contribution < 1.29 is 4.79 Å². The predicted octanol–water partition coefficient (Wildman–Crippen LogP) is 2.94. The lowest BCUT2D eigenvalue weighted by molar-refractivity contribution is 0.102. The van der Waals surface area contributed by atoms with Gasteiger partial charge >= 0.3 is 0 Å². The monoisotopic (exact) mass is 356 g/mol. The maximum atomic E-state index is 12.4. The van der Waals surface area contributed by atoms with Gasteiger partial charge in [0.25, 0.3) is 5.91 Å². The third-order valence-electron chi connectivity index (χ3n) is 3.64. The molecule has 0 bridgehead atoms. The van der Waals surface area contributed by atoms with Gasteiger partial charge in [0, 0.05) is 6.42 Å². The van der Waals surface area contributed by atoms with Crippen molar-refractivity contribution in [1.29, 1.82) is 0 Å². The number of rotatable bonds is 6. The summed E-state index contributed by atoms with van der Waals surface area (Å²) in [7, 11) is 0. The summed E-state index contributed by atoms with van der Waals surface area (Å²) < 4.78 is 1.72. The summed E-state index contributed by atoms with van der Waals surface area (Å²) in [5.74, 6) is 0.181.